The molecule has 3 aromatic carbocycles. The molecular weight excluding hydrogens is 652 g/mol. The summed E-state index contributed by atoms with van der Waals surface area (Å²) >= 11 is 9.19. The fourth-order valence-electron chi connectivity index (χ4n) is 4.42. The summed E-state index contributed by atoms with van der Waals surface area (Å²) in [5.74, 6) is 1.25. The number of rotatable bonds is 15. The standard InChI is InChI=1S/C31H31ClN6O4S3/c1-2-5-24-19-44-30(33-24)20-43-25-8-3-7-22(17-25)31(39)34-27-16-21(9-14-28(27)42-18-29-35-37-38-36-29)6-4-15-45(40,41)26-12-10-23(32)11-13-26/h3,7-14,16-17,19H,2,4-6,15,18,20H2,1H3,(H,34,39)(H,35,36,37,38). The zero-order valence-electron chi connectivity index (χ0n) is 24.4. The van der Waals surface area contributed by atoms with Gasteiger partial charge >= 0.3 is 0 Å². The summed E-state index contributed by atoms with van der Waals surface area (Å²) in [7, 11) is -3.46. The maximum atomic E-state index is 13.4. The number of aryl methyl sites for hydroxylation is 2. The number of carbonyl (C=O) groups is 1. The van der Waals surface area contributed by atoms with E-state index in [-0.39, 0.29) is 23.2 Å². The van der Waals surface area contributed by atoms with Crippen LogP contribution in [-0.2, 0) is 35.0 Å². The highest BCUT2D eigenvalue weighted by atomic mass is 35.5. The molecule has 14 heteroatoms. The Kier molecular flexibility index (Phi) is 11.2. The van der Waals surface area contributed by atoms with Crippen LogP contribution in [0.5, 0.6) is 5.75 Å². The number of carbonyl (C=O) groups excluding carboxylic acids is 1. The lowest BCUT2D eigenvalue weighted by Gasteiger charge is -2.14. The van der Waals surface area contributed by atoms with Crippen LogP contribution in [0.15, 0.2) is 81.9 Å². The minimum atomic E-state index is -3.46. The Labute approximate surface area is 274 Å². The zero-order chi connectivity index (χ0) is 31.6. The van der Waals surface area contributed by atoms with Crippen molar-refractivity contribution < 1.29 is 17.9 Å². The Hall–Kier alpha value is -3.78. The minimum Gasteiger partial charge on any atom is -0.483 e. The van der Waals surface area contributed by atoms with Gasteiger partial charge < -0.3 is 10.1 Å². The topological polar surface area (TPSA) is 140 Å². The molecule has 2 heterocycles. The molecule has 0 aliphatic rings. The molecule has 2 N–H and O–H groups in total. The first-order chi connectivity index (χ1) is 21.8. The van der Waals surface area contributed by atoms with Crippen LogP contribution >= 0.6 is 34.7 Å². The molecule has 5 rings (SSSR count). The van der Waals surface area contributed by atoms with E-state index in [2.05, 4.69) is 43.2 Å². The van der Waals surface area contributed by atoms with Gasteiger partial charge in [0.1, 0.15) is 17.4 Å². The average Bonchev–Trinajstić information content (AvgIpc) is 3.73. The predicted molar refractivity (Wildman–Crippen MR) is 177 cm³/mol. The van der Waals surface area contributed by atoms with Crippen molar-refractivity contribution in [1.29, 1.82) is 0 Å². The van der Waals surface area contributed by atoms with Crippen LogP contribution in [-0.4, -0.2) is 45.7 Å². The fraction of sp³-hybridized carbons (Fsp3) is 0.258. The second-order valence-electron chi connectivity index (χ2n) is 10.1. The maximum Gasteiger partial charge on any atom is 0.255 e. The smallest absolute Gasteiger partial charge is 0.255 e. The number of aromatic amines is 1. The minimum absolute atomic E-state index is 0.0293. The second kappa shape index (κ2) is 15.5. The van der Waals surface area contributed by atoms with E-state index in [0.717, 1.165) is 39.8 Å². The van der Waals surface area contributed by atoms with Gasteiger partial charge in [0.25, 0.3) is 5.91 Å². The van der Waals surface area contributed by atoms with Gasteiger partial charge in [-0.05, 0) is 89.8 Å². The number of amides is 1. The van der Waals surface area contributed by atoms with Crippen molar-refractivity contribution in [2.24, 2.45) is 0 Å². The van der Waals surface area contributed by atoms with Crippen LogP contribution in [0, 0.1) is 0 Å². The number of nitrogens with one attached hydrogen (secondary N) is 2. The number of nitrogens with zero attached hydrogens (tertiary/aromatic N) is 4. The molecule has 0 saturated heterocycles. The van der Waals surface area contributed by atoms with E-state index in [9.17, 15) is 13.2 Å². The normalized spacial score (nSPS) is 11.4. The summed E-state index contributed by atoms with van der Waals surface area (Å²) in [6.07, 6.45) is 2.90. The molecular formula is C31H31ClN6O4S3. The van der Waals surface area contributed by atoms with Gasteiger partial charge in [0.15, 0.2) is 15.7 Å². The molecule has 1 amide bonds. The number of halogens is 1. The van der Waals surface area contributed by atoms with Crippen molar-refractivity contribution in [3.05, 3.63) is 105 Å². The lowest BCUT2D eigenvalue weighted by molar-refractivity contribution is 0.102. The lowest BCUT2D eigenvalue weighted by atomic mass is 10.1. The number of anilines is 1. The number of H-pyrrole nitrogens is 1. The van der Waals surface area contributed by atoms with Gasteiger partial charge in [-0.1, -0.05) is 37.1 Å². The van der Waals surface area contributed by atoms with Crippen LogP contribution in [0.2, 0.25) is 5.02 Å². The van der Waals surface area contributed by atoms with Crippen LogP contribution in [0.25, 0.3) is 0 Å². The van der Waals surface area contributed by atoms with Crippen molar-refractivity contribution >= 4 is 56.1 Å². The van der Waals surface area contributed by atoms with Gasteiger partial charge in [-0.2, -0.15) is 0 Å². The van der Waals surface area contributed by atoms with E-state index in [0.29, 0.717) is 40.7 Å². The molecule has 0 fully saturated rings. The van der Waals surface area contributed by atoms with Crippen LogP contribution in [0.3, 0.4) is 0 Å². The molecule has 0 atom stereocenters. The van der Waals surface area contributed by atoms with E-state index in [4.69, 9.17) is 16.3 Å². The van der Waals surface area contributed by atoms with Gasteiger partial charge in [0.05, 0.1) is 27.8 Å². The fourth-order valence-corrected chi connectivity index (χ4v) is 7.66. The van der Waals surface area contributed by atoms with Gasteiger partial charge in [-0.3, -0.25) is 4.79 Å². The first kappa shape index (κ1) is 32.6. The molecule has 0 bridgehead atoms. The first-order valence-corrected chi connectivity index (χ1v) is 18.1. The summed E-state index contributed by atoms with van der Waals surface area (Å²) in [6.45, 7) is 2.21. The summed E-state index contributed by atoms with van der Waals surface area (Å²) < 4.78 is 31.5. The highest BCUT2D eigenvalue weighted by molar-refractivity contribution is 7.98. The van der Waals surface area contributed by atoms with Crippen LogP contribution < -0.4 is 10.1 Å². The molecule has 0 spiro atoms. The molecule has 0 unspecified atom stereocenters. The van der Waals surface area contributed by atoms with E-state index in [1.54, 1.807) is 53.4 Å². The van der Waals surface area contributed by atoms with Crippen LogP contribution in [0.4, 0.5) is 5.69 Å². The monoisotopic (exact) mass is 682 g/mol. The molecule has 0 aliphatic heterocycles. The third kappa shape index (κ3) is 9.36. The molecule has 2 aromatic heterocycles. The van der Waals surface area contributed by atoms with Gasteiger partial charge in [0, 0.05) is 20.9 Å². The Morgan fingerprint density at radius 2 is 1.93 bits per heavy atom. The number of aromatic nitrogens is 5. The molecule has 45 heavy (non-hydrogen) atoms. The van der Waals surface area contributed by atoms with Crippen molar-refractivity contribution in [1.82, 2.24) is 25.6 Å². The summed E-state index contributed by atoms with van der Waals surface area (Å²) in [5.41, 5.74) is 2.92. The number of hydrogen-bond acceptors (Lipinski definition) is 10. The Morgan fingerprint density at radius 1 is 1.09 bits per heavy atom. The average molecular weight is 683 g/mol. The largest absolute Gasteiger partial charge is 0.483 e. The number of benzene rings is 3. The Balaban J connectivity index is 1.27. The molecule has 5 aromatic rings. The Morgan fingerprint density at radius 3 is 2.71 bits per heavy atom. The van der Waals surface area contributed by atoms with Crippen molar-refractivity contribution in [3.8, 4) is 5.75 Å². The number of sulfone groups is 1. The molecule has 234 valence electrons. The lowest BCUT2D eigenvalue weighted by Crippen LogP contribution is -2.13. The number of tetrazole rings is 1. The molecule has 0 radical (unpaired) electrons. The third-order valence-corrected chi connectivity index (χ3v) is 10.8. The van der Waals surface area contributed by atoms with Crippen molar-refractivity contribution in [2.45, 2.75) is 54.8 Å². The van der Waals surface area contributed by atoms with Gasteiger partial charge in [0.2, 0.25) is 0 Å². The van der Waals surface area contributed by atoms with E-state index < -0.39 is 9.84 Å². The number of hydrogen-bond donors (Lipinski definition) is 2. The van der Waals surface area contributed by atoms with Crippen molar-refractivity contribution in [2.75, 3.05) is 11.1 Å². The highest BCUT2D eigenvalue weighted by Crippen LogP contribution is 2.30. The second-order valence-corrected chi connectivity index (χ2v) is 14.6. The summed E-state index contributed by atoms with van der Waals surface area (Å²) in [5, 5.41) is 20.2. The van der Waals surface area contributed by atoms with E-state index >= 15 is 0 Å². The number of thiazole rings is 1. The quantitative estimate of drug-likeness (QED) is 0.114. The third-order valence-electron chi connectivity index (χ3n) is 6.66. The Bertz CT molecular complexity index is 1830. The molecule has 10 nitrogen and oxygen atoms in total. The SMILES string of the molecule is CCCc1csc(CSc2cccc(C(=O)Nc3cc(CCCS(=O)(=O)c4ccc(Cl)cc4)ccc3OCc3nnn[nH]3)c2)n1. The number of ether oxygens (including phenoxy) is 1. The van der Waals surface area contributed by atoms with Crippen LogP contribution in [0.1, 0.15) is 52.2 Å². The summed E-state index contributed by atoms with van der Waals surface area (Å²) in [4.78, 5) is 19.3. The highest BCUT2D eigenvalue weighted by Gasteiger charge is 2.16. The van der Waals surface area contributed by atoms with Gasteiger partial charge in [-0.25, -0.2) is 18.5 Å². The predicted octanol–water partition coefficient (Wildman–Crippen LogP) is 6.79. The van der Waals surface area contributed by atoms with E-state index in [1.165, 1.54) is 12.1 Å². The van der Waals surface area contributed by atoms with Gasteiger partial charge in [-0.15, -0.1) is 28.2 Å². The molecule has 0 saturated carbocycles. The van der Waals surface area contributed by atoms with Crippen molar-refractivity contribution in [3.63, 3.8) is 0 Å². The number of thioether (sulfide) groups is 1. The first-order valence-electron chi connectivity index (χ1n) is 14.2. The van der Waals surface area contributed by atoms with E-state index in [1.807, 2.05) is 24.3 Å². The maximum absolute atomic E-state index is 13.4. The summed E-state index contributed by atoms with van der Waals surface area (Å²) in [6, 6.07) is 19.0. The molecule has 0 aliphatic carbocycles. The zero-order valence-corrected chi connectivity index (χ0v) is 27.6.